The van der Waals surface area contributed by atoms with E-state index >= 15 is 0 Å². The number of hydrogen-bond acceptors (Lipinski definition) is 4. The summed E-state index contributed by atoms with van der Waals surface area (Å²) in [6, 6.07) is 0.134. The van der Waals surface area contributed by atoms with Gasteiger partial charge in [-0.1, -0.05) is 0 Å². The van der Waals surface area contributed by atoms with Crippen LogP contribution in [-0.2, 0) is 21.8 Å². The quantitative estimate of drug-likeness (QED) is 0.851. The van der Waals surface area contributed by atoms with Crippen molar-refractivity contribution >= 4 is 28.8 Å². The van der Waals surface area contributed by atoms with Crippen molar-refractivity contribution in [3.63, 3.8) is 0 Å². The molecule has 1 aromatic rings. The first-order valence-electron chi connectivity index (χ1n) is 5.59. The molecule has 4 nitrogen and oxygen atoms in total. The van der Waals surface area contributed by atoms with Crippen LogP contribution in [0.3, 0.4) is 0 Å². The Morgan fingerprint density at radius 3 is 3.18 bits per heavy atom. The van der Waals surface area contributed by atoms with Crippen molar-refractivity contribution in [2.45, 2.75) is 37.8 Å². The van der Waals surface area contributed by atoms with Crippen LogP contribution >= 0.6 is 22.9 Å². The van der Waals surface area contributed by atoms with Crippen molar-refractivity contribution in [2.75, 3.05) is 6.61 Å². The molecule has 0 saturated carbocycles. The Bertz CT molecular complexity index is 397. The monoisotopic (exact) mass is 274 g/mol. The standard InChI is InChI=1S/C11H15ClN2O2S/c1-7-9(2-3-16-7)14-10(15)4-11-13-8(5-12)6-17-11/h6-7,9H,2-5H2,1H3,(H,14,15). The summed E-state index contributed by atoms with van der Waals surface area (Å²) in [5.74, 6) is 0.397. The largest absolute Gasteiger partial charge is 0.376 e. The van der Waals surface area contributed by atoms with Crippen LogP contribution in [0.15, 0.2) is 5.38 Å². The number of amides is 1. The van der Waals surface area contributed by atoms with Crippen molar-refractivity contribution in [2.24, 2.45) is 0 Å². The summed E-state index contributed by atoms with van der Waals surface area (Å²) >= 11 is 7.13. The zero-order valence-corrected chi connectivity index (χ0v) is 11.2. The van der Waals surface area contributed by atoms with Crippen LogP contribution in [0, 0.1) is 0 Å². The van der Waals surface area contributed by atoms with Gasteiger partial charge in [0.2, 0.25) is 5.91 Å². The number of aromatic nitrogens is 1. The topological polar surface area (TPSA) is 51.2 Å². The number of carbonyl (C=O) groups excluding carboxylic acids is 1. The van der Waals surface area contributed by atoms with E-state index in [0.717, 1.165) is 23.7 Å². The molecular formula is C11H15ClN2O2S. The lowest BCUT2D eigenvalue weighted by molar-refractivity contribution is -0.121. The second-order valence-electron chi connectivity index (χ2n) is 4.08. The Hall–Kier alpha value is -0.650. The van der Waals surface area contributed by atoms with Crippen molar-refractivity contribution in [3.8, 4) is 0 Å². The number of alkyl halides is 1. The molecule has 1 amide bonds. The molecule has 6 heteroatoms. The van der Waals surface area contributed by atoms with E-state index in [1.165, 1.54) is 11.3 Å². The van der Waals surface area contributed by atoms with Crippen LogP contribution in [0.25, 0.3) is 0 Å². The van der Waals surface area contributed by atoms with E-state index in [4.69, 9.17) is 16.3 Å². The maximum absolute atomic E-state index is 11.8. The Labute approximate surface area is 109 Å². The van der Waals surface area contributed by atoms with Gasteiger partial charge in [-0.05, 0) is 13.3 Å². The van der Waals surface area contributed by atoms with E-state index < -0.39 is 0 Å². The fourth-order valence-corrected chi connectivity index (χ4v) is 2.83. The molecule has 0 aliphatic carbocycles. The van der Waals surface area contributed by atoms with Gasteiger partial charge in [-0.25, -0.2) is 4.98 Å². The first kappa shape index (κ1) is 12.8. The van der Waals surface area contributed by atoms with E-state index in [0.29, 0.717) is 12.3 Å². The van der Waals surface area contributed by atoms with Crippen molar-refractivity contribution in [1.29, 1.82) is 0 Å². The van der Waals surface area contributed by atoms with Gasteiger partial charge in [0, 0.05) is 12.0 Å². The highest BCUT2D eigenvalue weighted by molar-refractivity contribution is 7.09. The molecule has 1 aliphatic rings. The molecule has 0 radical (unpaired) electrons. The number of rotatable bonds is 4. The number of ether oxygens (including phenoxy) is 1. The highest BCUT2D eigenvalue weighted by atomic mass is 35.5. The van der Waals surface area contributed by atoms with Gasteiger partial charge in [-0.3, -0.25) is 4.79 Å². The molecule has 1 N–H and O–H groups in total. The molecule has 1 fully saturated rings. The van der Waals surface area contributed by atoms with Crippen molar-refractivity contribution in [3.05, 3.63) is 16.1 Å². The van der Waals surface area contributed by atoms with Crippen LogP contribution in [0.5, 0.6) is 0 Å². The molecule has 0 bridgehead atoms. The Kier molecular flexibility index (Phi) is 4.36. The van der Waals surface area contributed by atoms with Crippen LogP contribution in [-0.4, -0.2) is 29.6 Å². The first-order chi connectivity index (χ1) is 8.19. The third-order valence-corrected chi connectivity index (χ3v) is 3.94. The summed E-state index contributed by atoms with van der Waals surface area (Å²) in [6.07, 6.45) is 1.32. The minimum absolute atomic E-state index is 0.00261. The number of thiazole rings is 1. The summed E-state index contributed by atoms with van der Waals surface area (Å²) in [5, 5.41) is 5.67. The van der Waals surface area contributed by atoms with E-state index in [1.807, 2.05) is 12.3 Å². The smallest absolute Gasteiger partial charge is 0.227 e. The summed E-state index contributed by atoms with van der Waals surface area (Å²) in [4.78, 5) is 16.0. The number of halogens is 1. The molecule has 0 spiro atoms. The molecule has 2 unspecified atom stereocenters. The van der Waals surface area contributed by atoms with Crippen molar-refractivity contribution < 1.29 is 9.53 Å². The number of nitrogens with zero attached hydrogens (tertiary/aromatic N) is 1. The number of carbonyl (C=O) groups is 1. The summed E-state index contributed by atoms with van der Waals surface area (Å²) in [6.45, 7) is 2.70. The highest BCUT2D eigenvalue weighted by Crippen LogP contribution is 2.14. The second kappa shape index (κ2) is 5.80. The van der Waals surface area contributed by atoms with Crippen LogP contribution < -0.4 is 5.32 Å². The molecule has 1 aliphatic heterocycles. The molecule has 2 rings (SSSR count). The third-order valence-electron chi connectivity index (χ3n) is 2.77. The van der Waals surface area contributed by atoms with Crippen LogP contribution in [0.4, 0.5) is 0 Å². The van der Waals surface area contributed by atoms with Crippen LogP contribution in [0.2, 0.25) is 0 Å². The maximum Gasteiger partial charge on any atom is 0.227 e. The minimum atomic E-state index is 0.00261. The summed E-state index contributed by atoms with van der Waals surface area (Å²) in [5.41, 5.74) is 0.831. The maximum atomic E-state index is 11.8. The lowest BCUT2D eigenvalue weighted by atomic mass is 10.1. The van der Waals surface area contributed by atoms with E-state index in [2.05, 4.69) is 10.3 Å². The summed E-state index contributed by atoms with van der Waals surface area (Å²) < 4.78 is 5.39. The van der Waals surface area contributed by atoms with Gasteiger partial charge in [0.05, 0.1) is 30.1 Å². The lowest BCUT2D eigenvalue weighted by Crippen LogP contribution is -2.39. The van der Waals surface area contributed by atoms with Gasteiger partial charge < -0.3 is 10.1 Å². The Morgan fingerprint density at radius 2 is 2.59 bits per heavy atom. The van der Waals surface area contributed by atoms with E-state index in [1.54, 1.807) is 0 Å². The van der Waals surface area contributed by atoms with Gasteiger partial charge in [-0.15, -0.1) is 22.9 Å². The third kappa shape index (κ3) is 3.40. The SMILES string of the molecule is CC1OCCC1NC(=O)Cc1nc(CCl)cs1. The zero-order chi connectivity index (χ0) is 12.3. The number of hydrogen-bond donors (Lipinski definition) is 1. The summed E-state index contributed by atoms with van der Waals surface area (Å²) in [7, 11) is 0. The average molecular weight is 275 g/mol. The predicted octanol–water partition coefficient (Wildman–Crippen LogP) is 1.72. The Balaban J connectivity index is 1.84. The van der Waals surface area contributed by atoms with Crippen LogP contribution in [0.1, 0.15) is 24.0 Å². The molecule has 94 valence electrons. The highest BCUT2D eigenvalue weighted by Gasteiger charge is 2.25. The van der Waals surface area contributed by atoms with Gasteiger partial charge >= 0.3 is 0 Å². The second-order valence-corrected chi connectivity index (χ2v) is 5.29. The van der Waals surface area contributed by atoms with Gasteiger partial charge in [-0.2, -0.15) is 0 Å². The fourth-order valence-electron chi connectivity index (χ4n) is 1.81. The molecule has 0 aromatic carbocycles. The van der Waals surface area contributed by atoms with Gasteiger partial charge in [0.15, 0.2) is 0 Å². The minimum Gasteiger partial charge on any atom is -0.376 e. The molecule has 2 heterocycles. The lowest BCUT2D eigenvalue weighted by Gasteiger charge is -2.15. The molecule has 17 heavy (non-hydrogen) atoms. The number of nitrogens with one attached hydrogen (secondary N) is 1. The van der Waals surface area contributed by atoms with Gasteiger partial charge in [0.25, 0.3) is 0 Å². The predicted molar refractivity (Wildman–Crippen MR) is 67.3 cm³/mol. The van der Waals surface area contributed by atoms with Gasteiger partial charge in [0.1, 0.15) is 5.01 Å². The molecule has 1 saturated heterocycles. The molecule has 1 aromatic heterocycles. The fraction of sp³-hybridized carbons (Fsp3) is 0.636. The zero-order valence-electron chi connectivity index (χ0n) is 9.61. The average Bonchev–Trinajstić information content (AvgIpc) is 2.89. The Morgan fingerprint density at radius 1 is 1.76 bits per heavy atom. The normalized spacial score (nSPS) is 23.9. The molecule has 2 atom stereocenters. The van der Waals surface area contributed by atoms with E-state index in [9.17, 15) is 4.79 Å². The first-order valence-corrected chi connectivity index (χ1v) is 7.00. The van der Waals surface area contributed by atoms with E-state index in [-0.39, 0.29) is 18.1 Å². The molecular weight excluding hydrogens is 260 g/mol. The van der Waals surface area contributed by atoms with Crippen molar-refractivity contribution in [1.82, 2.24) is 10.3 Å².